The van der Waals surface area contributed by atoms with Gasteiger partial charge in [-0.05, 0) is 24.1 Å². The van der Waals surface area contributed by atoms with Gasteiger partial charge in [0.1, 0.15) is 5.75 Å². The Bertz CT molecular complexity index is 446. The van der Waals surface area contributed by atoms with Crippen LogP contribution in [0, 0.1) is 11.3 Å². The normalized spacial score (nSPS) is 9.56. The van der Waals surface area contributed by atoms with E-state index in [-0.39, 0.29) is 12.2 Å². The third-order valence-corrected chi connectivity index (χ3v) is 2.38. The van der Waals surface area contributed by atoms with Crippen LogP contribution >= 0.6 is 0 Å². The number of benzene rings is 1. The summed E-state index contributed by atoms with van der Waals surface area (Å²) in [5.41, 5.74) is 1.72. The van der Waals surface area contributed by atoms with Crippen LogP contribution in [0.5, 0.6) is 5.75 Å². The fraction of sp³-hybridized carbons (Fsp3) is 0.333. The molecule has 1 rings (SSSR count). The Labute approximate surface area is 94.1 Å². The molecule has 0 aliphatic carbocycles. The third-order valence-electron chi connectivity index (χ3n) is 2.38. The van der Waals surface area contributed by atoms with Crippen LogP contribution in [0.25, 0.3) is 0 Å². The Morgan fingerprint density at radius 2 is 2.25 bits per heavy atom. The molecule has 0 atom stereocenters. The first-order valence-corrected chi connectivity index (χ1v) is 4.94. The van der Waals surface area contributed by atoms with Gasteiger partial charge >= 0.3 is 5.97 Å². The van der Waals surface area contributed by atoms with E-state index in [1.807, 2.05) is 13.0 Å². The van der Waals surface area contributed by atoms with Crippen molar-refractivity contribution in [3.63, 3.8) is 0 Å². The summed E-state index contributed by atoms with van der Waals surface area (Å²) in [6.45, 7) is 1.90. The van der Waals surface area contributed by atoms with Crippen LogP contribution < -0.4 is 0 Å². The molecular weight excluding hydrogens is 206 g/mol. The average molecular weight is 219 g/mol. The van der Waals surface area contributed by atoms with Crippen molar-refractivity contribution in [2.24, 2.45) is 0 Å². The summed E-state index contributed by atoms with van der Waals surface area (Å²) in [5.74, 6) is -0.434. The maximum absolute atomic E-state index is 11.2. The number of carbonyl (C=O) groups excluding carboxylic acids is 1. The van der Waals surface area contributed by atoms with Gasteiger partial charge in [-0.15, -0.1) is 0 Å². The van der Waals surface area contributed by atoms with Crippen molar-refractivity contribution in [2.45, 2.75) is 19.8 Å². The molecule has 0 saturated heterocycles. The molecule has 0 aromatic heterocycles. The molecule has 0 fully saturated rings. The van der Waals surface area contributed by atoms with E-state index in [9.17, 15) is 9.90 Å². The van der Waals surface area contributed by atoms with Crippen LogP contribution in [0.3, 0.4) is 0 Å². The lowest BCUT2D eigenvalue weighted by molar-refractivity contribution is -0.139. The van der Waals surface area contributed by atoms with Crippen LogP contribution in [0.4, 0.5) is 0 Å². The first-order valence-electron chi connectivity index (χ1n) is 4.94. The largest absolute Gasteiger partial charge is 0.508 e. The zero-order valence-electron chi connectivity index (χ0n) is 9.28. The molecule has 0 bridgehead atoms. The van der Waals surface area contributed by atoms with E-state index in [1.165, 1.54) is 13.2 Å². The van der Waals surface area contributed by atoms with Crippen molar-refractivity contribution in [1.29, 1.82) is 5.26 Å². The zero-order valence-corrected chi connectivity index (χ0v) is 9.28. The number of phenols is 1. The minimum Gasteiger partial charge on any atom is -0.508 e. The number of hydrogen-bond donors (Lipinski definition) is 1. The predicted molar refractivity (Wildman–Crippen MR) is 57.9 cm³/mol. The number of esters is 1. The molecule has 1 aromatic carbocycles. The van der Waals surface area contributed by atoms with Gasteiger partial charge in [0.25, 0.3) is 0 Å². The number of aromatic hydroxyl groups is 1. The highest BCUT2D eigenvalue weighted by molar-refractivity contribution is 5.74. The third kappa shape index (κ3) is 2.51. The second-order valence-corrected chi connectivity index (χ2v) is 3.35. The molecular formula is C12H13NO3. The standard InChI is InChI=1S/C12H13NO3/c1-3-9-4-8(7-13)5-11(14)10(9)6-12(15)16-2/h4-5,14H,3,6H2,1-2H3. The number of hydrogen-bond acceptors (Lipinski definition) is 4. The SMILES string of the molecule is CCc1cc(C#N)cc(O)c1CC(=O)OC. The molecule has 0 unspecified atom stereocenters. The van der Waals surface area contributed by atoms with Gasteiger partial charge in [-0.1, -0.05) is 6.92 Å². The van der Waals surface area contributed by atoms with E-state index in [2.05, 4.69) is 4.74 Å². The van der Waals surface area contributed by atoms with Gasteiger partial charge in [0.05, 0.1) is 25.2 Å². The highest BCUT2D eigenvalue weighted by Gasteiger charge is 2.13. The molecule has 1 aromatic rings. The molecule has 1 N–H and O–H groups in total. The van der Waals surface area contributed by atoms with Crippen LogP contribution in [-0.2, 0) is 22.4 Å². The molecule has 0 radical (unpaired) electrons. The number of nitriles is 1. The maximum atomic E-state index is 11.2. The fourth-order valence-electron chi connectivity index (χ4n) is 1.52. The molecule has 84 valence electrons. The molecule has 0 aliphatic heterocycles. The number of aryl methyl sites for hydroxylation is 1. The Balaban J connectivity index is 3.17. The summed E-state index contributed by atoms with van der Waals surface area (Å²) in [5, 5.41) is 18.5. The summed E-state index contributed by atoms with van der Waals surface area (Å²) in [4.78, 5) is 11.2. The van der Waals surface area contributed by atoms with E-state index >= 15 is 0 Å². The summed E-state index contributed by atoms with van der Waals surface area (Å²) in [7, 11) is 1.30. The molecule has 0 amide bonds. The van der Waals surface area contributed by atoms with Gasteiger partial charge in [-0.25, -0.2) is 0 Å². The van der Waals surface area contributed by atoms with E-state index < -0.39 is 5.97 Å². The topological polar surface area (TPSA) is 70.3 Å². The number of carbonyl (C=O) groups is 1. The van der Waals surface area contributed by atoms with Gasteiger partial charge in [-0.2, -0.15) is 5.26 Å². The zero-order chi connectivity index (χ0) is 12.1. The van der Waals surface area contributed by atoms with Gasteiger partial charge in [0.2, 0.25) is 0 Å². The maximum Gasteiger partial charge on any atom is 0.310 e. The molecule has 4 nitrogen and oxygen atoms in total. The smallest absolute Gasteiger partial charge is 0.310 e. The van der Waals surface area contributed by atoms with Gasteiger partial charge in [0.15, 0.2) is 0 Å². The Kier molecular flexibility index (Phi) is 3.90. The van der Waals surface area contributed by atoms with Crippen LogP contribution in [0.1, 0.15) is 23.6 Å². The Hall–Kier alpha value is -2.02. The second kappa shape index (κ2) is 5.17. The van der Waals surface area contributed by atoms with Crippen LogP contribution in [-0.4, -0.2) is 18.2 Å². The molecule has 0 heterocycles. The summed E-state index contributed by atoms with van der Waals surface area (Å²) in [6, 6.07) is 5.00. The first kappa shape index (κ1) is 12.1. The van der Waals surface area contributed by atoms with Crippen molar-refractivity contribution < 1.29 is 14.6 Å². The highest BCUT2D eigenvalue weighted by atomic mass is 16.5. The molecule has 0 saturated carbocycles. The van der Waals surface area contributed by atoms with Crippen molar-refractivity contribution in [3.05, 3.63) is 28.8 Å². The minimum absolute atomic E-state index is 0.0250. The van der Waals surface area contributed by atoms with E-state index in [0.717, 1.165) is 5.56 Å². The number of rotatable bonds is 3. The molecule has 0 spiro atoms. The Morgan fingerprint density at radius 3 is 2.75 bits per heavy atom. The lowest BCUT2D eigenvalue weighted by Crippen LogP contribution is -2.07. The molecule has 16 heavy (non-hydrogen) atoms. The number of nitrogens with zero attached hydrogens (tertiary/aromatic N) is 1. The average Bonchev–Trinajstić information content (AvgIpc) is 2.30. The lowest BCUT2D eigenvalue weighted by atomic mass is 9.98. The highest BCUT2D eigenvalue weighted by Crippen LogP contribution is 2.24. The second-order valence-electron chi connectivity index (χ2n) is 3.35. The quantitative estimate of drug-likeness (QED) is 0.783. The van der Waals surface area contributed by atoms with Crippen molar-refractivity contribution >= 4 is 5.97 Å². The lowest BCUT2D eigenvalue weighted by Gasteiger charge is -2.09. The van der Waals surface area contributed by atoms with E-state index in [1.54, 1.807) is 6.07 Å². The minimum atomic E-state index is -0.408. The van der Waals surface area contributed by atoms with E-state index in [4.69, 9.17) is 5.26 Å². The van der Waals surface area contributed by atoms with Gasteiger partial charge in [0, 0.05) is 5.56 Å². The van der Waals surface area contributed by atoms with Gasteiger partial charge < -0.3 is 9.84 Å². The number of phenolic OH excluding ortho intramolecular Hbond substituents is 1. The van der Waals surface area contributed by atoms with E-state index in [0.29, 0.717) is 17.5 Å². The molecule has 4 heteroatoms. The summed E-state index contributed by atoms with van der Waals surface area (Å²) >= 11 is 0. The van der Waals surface area contributed by atoms with Crippen molar-refractivity contribution in [1.82, 2.24) is 0 Å². The molecule has 0 aliphatic rings. The number of methoxy groups -OCH3 is 1. The fourth-order valence-corrected chi connectivity index (χ4v) is 1.52. The van der Waals surface area contributed by atoms with Gasteiger partial charge in [-0.3, -0.25) is 4.79 Å². The number of ether oxygens (including phenoxy) is 1. The van der Waals surface area contributed by atoms with Crippen molar-refractivity contribution in [3.8, 4) is 11.8 Å². The van der Waals surface area contributed by atoms with Crippen LogP contribution in [0.15, 0.2) is 12.1 Å². The summed E-state index contributed by atoms with van der Waals surface area (Å²) < 4.78 is 4.55. The van der Waals surface area contributed by atoms with Crippen molar-refractivity contribution in [2.75, 3.05) is 7.11 Å². The monoisotopic (exact) mass is 219 g/mol. The Morgan fingerprint density at radius 1 is 1.56 bits per heavy atom. The first-order chi connectivity index (χ1) is 7.62. The van der Waals surface area contributed by atoms with Crippen LogP contribution in [0.2, 0.25) is 0 Å². The summed E-state index contributed by atoms with van der Waals surface area (Å²) in [6.07, 6.45) is 0.673. The predicted octanol–water partition coefficient (Wildman–Crippen LogP) is 1.54.